The topological polar surface area (TPSA) is 121 Å². The number of unbranched alkanes of at least 4 members (excludes halogenated alkanes) is 8. The maximum Gasteiger partial charge on any atom is 2.00 e. The summed E-state index contributed by atoms with van der Waals surface area (Å²) < 4.78 is 0. The van der Waals surface area contributed by atoms with E-state index in [4.69, 9.17) is 5.11 Å². The van der Waals surface area contributed by atoms with E-state index in [1.54, 1.807) is 24.3 Å². The monoisotopic (exact) mass is 510 g/mol. The molecule has 35 heavy (non-hydrogen) atoms. The van der Waals surface area contributed by atoms with Crippen LogP contribution in [0.1, 0.15) is 110 Å². The molecule has 7 heteroatoms. The van der Waals surface area contributed by atoms with Crippen molar-refractivity contribution in [1.29, 1.82) is 0 Å². The standard InChI is InChI=1S/2C14H20O3.Ca/c2*1-2-3-4-5-6-8-11-9-7-10-12(15)13(11)14(16)17;/h2*7,9-10,15H,2-6,8H2,1H3,(H,16,17);/q;;+2/p-2. The van der Waals surface area contributed by atoms with E-state index >= 15 is 0 Å². The summed E-state index contributed by atoms with van der Waals surface area (Å²) in [6, 6.07) is 9.48. The van der Waals surface area contributed by atoms with Crippen molar-refractivity contribution in [3.05, 3.63) is 58.7 Å². The molecule has 0 aliphatic carbocycles. The van der Waals surface area contributed by atoms with Gasteiger partial charge >= 0.3 is 43.7 Å². The van der Waals surface area contributed by atoms with E-state index in [0.29, 0.717) is 12.0 Å². The molecule has 0 aliphatic heterocycles. The van der Waals surface area contributed by atoms with Crippen molar-refractivity contribution in [1.82, 2.24) is 0 Å². The second-order valence-corrected chi connectivity index (χ2v) is 8.52. The average Bonchev–Trinajstić information content (AvgIpc) is 2.79. The number of rotatable bonds is 14. The molecule has 2 aromatic carbocycles. The molecule has 0 fully saturated rings. The van der Waals surface area contributed by atoms with Crippen LogP contribution in [0.3, 0.4) is 0 Å². The molecule has 2 aromatic rings. The Labute approximate surface area is 239 Å². The van der Waals surface area contributed by atoms with Crippen LogP contribution >= 0.6 is 0 Å². The number of carbonyl (C=O) groups excluding carboxylic acids is 1. The normalized spacial score (nSPS) is 10.1. The molecule has 0 aliphatic rings. The van der Waals surface area contributed by atoms with Gasteiger partial charge in [-0.1, -0.05) is 101 Å². The van der Waals surface area contributed by atoms with Gasteiger partial charge in [-0.25, -0.2) is 4.79 Å². The summed E-state index contributed by atoms with van der Waals surface area (Å²) in [5, 5.41) is 40.8. The van der Waals surface area contributed by atoms with Gasteiger partial charge in [0.2, 0.25) is 0 Å². The predicted octanol–water partition coefficient (Wildman–Crippen LogP) is 4.86. The zero-order valence-electron chi connectivity index (χ0n) is 21.2. The third-order valence-electron chi connectivity index (χ3n) is 5.76. The van der Waals surface area contributed by atoms with Gasteiger partial charge in [0.15, 0.2) is 0 Å². The van der Waals surface area contributed by atoms with Crippen LogP contribution in [0, 0.1) is 0 Å². The fourth-order valence-corrected chi connectivity index (χ4v) is 3.90. The van der Waals surface area contributed by atoms with Gasteiger partial charge in [-0.2, -0.15) is 0 Å². The molecule has 188 valence electrons. The Balaban J connectivity index is 0.000000642. The molecule has 6 nitrogen and oxygen atoms in total. The van der Waals surface area contributed by atoms with Crippen LogP contribution in [0.15, 0.2) is 36.4 Å². The number of carbonyl (C=O) groups is 2. The smallest absolute Gasteiger partial charge is 0.872 e. The maximum atomic E-state index is 11.4. The Hall–Kier alpha value is -1.76. The Morgan fingerprint density at radius 1 is 0.743 bits per heavy atom. The first-order valence-corrected chi connectivity index (χ1v) is 12.4. The number of phenols is 1. The molecular weight excluding hydrogens is 472 g/mol. The molecule has 0 atom stereocenters. The maximum absolute atomic E-state index is 11.4. The number of aryl methyl sites for hydroxylation is 2. The van der Waals surface area contributed by atoms with Gasteiger partial charge in [-0.15, -0.1) is 0 Å². The van der Waals surface area contributed by atoms with E-state index in [1.807, 2.05) is 0 Å². The molecule has 0 aromatic heterocycles. The number of aromatic hydroxyl groups is 1. The second kappa shape index (κ2) is 19.4. The Bertz CT molecular complexity index is 824. The van der Waals surface area contributed by atoms with Crippen molar-refractivity contribution in [2.24, 2.45) is 0 Å². The minimum atomic E-state index is -1.36. The van der Waals surface area contributed by atoms with Gasteiger partial charge in [0.25, 0.3) is 0 Å². The van der Waals surface area contributed by atoms with E-state index in [1.165, 1.54) is 44.2 Å². The molecule has 2 N–H and O–H groups in total. The summed E-state index contributed by atoms with van der Waals surface area (Å²) in [6.07, 6.45) is 12.6. The van der Waals surface area contributed by atoms with E-state index in [9.17, 15) is 24.9 Å². The third-order valence-corrected chi connectivity index (χ3v) is 5.76. The van der Waals surface area contributed by atoms with Crippen molar-refractivity contribution >= 4 is 49.7 Å². The number of hydrogen-bond acceptors (Lipinski definition) is 5. The van der Waals surface area contributed by atoms with Crippen LogP contribution in [0.4, 0.5) is 0 Å². The SMILES string of the molecule is CCCCCCCc1cccc(O)c1C(=O)O.CCCCCCCc1cccc([O-])c1C(=O)[O-].[Ca+2]. The summed E-state index contributed by atoms with van der Waals surface area (Å²) >= 11 is 0. The summed E-state index contributed by atoms with van der Waals surface area (Å²) in [6.45, 7) is 4.31. The van der Waals surface area contributed by atoms with Gasteiger partial charge in [-0.3, -0.25) is 0 Å². The van der Waals surface area contributed by atoms with Crippen LogP contribution in [0.5, 0.6) is 11.5 Å². The van der Waals surface area contributed by atoms with Crippen molar-refractivity contribution in [3.63, 3.8) is 0 Å². The molecule has 0 radical (unpaired) electrons. The van der Waals surface area contributed by atoms with E-state index < -0.39 is 17.7 Å². The van der Waals surface area contributed by atoms with Crippen LogP contribution < -0.4 is 10.2 Å². The number of carboxylic acid groups (broad SMARTS) is 2. The van der Waals surface area contributed by atoms with Crippen LogP contribution in [-0.2, 0) is 12.8 Å². The van der Waals surface area contributed by atoms with E-state index in [-0.39, 0.29) is 54.6 Å². The molecule has 0 saturated heterocycles. The number of aromatic carboxylic acids is 2. The fraction of sp³-hybridized carbons (Fsp3) is 0.500. The van der Waals surface area contributed by atoms with Crippen LogP contribution in [-0.4, -0.2) is 59.9 Å². The average molecular weight is 511 g/mol. The van der Waals surface area contributed by atoms with Gasteiger partial charge in [0.05, 0.1) is 5.97 Å². The predicted molar refractivity (Wildman–Crippen MR) is 136 cm³/mol. The van der Waals surface area contributed by atoms with Crippen molar-refractivity contribution in [2.45, 2.75) is 90.9 Å². The van der Waals surface area contributed by atoms with E-state index in [0.717, 1.165) is 44.1 Å². The van der Waals surface area contributed by atoms with Gasteiger partial charge in [0, 0.05) is 0 Å². The third kappa shape index (κ3) is 12.7. The minimum Gasteiger partial charge on any atom is -0.872 e. The molecule has 2 rings (SSSR count). The summed E-state index contributed by atoms with van der Waals surface area (Å²) in [7, 11) is 0. The fourth-order valence-electron chi connectivity index (χ4n) is 3.90. The van der Waals surface area contributed by atoms with Gasteiger partial charge in [-0.05, 0) is 48.4 Å². The Morgan fingerprint density at radius 2 is 1.20 bits per heavy atom. The first-order chi connectivity index (χ1) is 16.3. The molecular formula is C28H38CaO6. The zero-order valence-corrected chi connectivity index (χ0v) is 23.4. The number of hydrogen-bond donors (Lipinski definition) is 2. The van der Waals surface area contributed by atoms with Crippen molar-refractivity contribution < 1.29 is 30.0 Å². The van der Waals surface area contributed by atoms with Crippen molar-refractivity contribution in [3.8, 4) is 11.5 Å². The molecule has 0 amide bonds. The van der Waals surface area contributed by atoms with Crippen molar-refractivity contribution in [2.75, 3.05) is 0 Å². The molecule has 0 saturated carbocycles. The molecule has 0 heterocycles. The van der Waals surface area contributed by atoms with E-state index in [2.05, 4.69) is 13.8 Å². The zero-order chi connectivity index (χ0) is 25.3. The molecule has 0 unspecified atom stereocenters. The number of carboxylic acids is 2. The van der Waals surface area contributed by atoms with Crippen LogP contribution in [0.2, 0.25) is 0 Å². The van der Waals surface area contributed by atoms with Gasteiger partial charge in [0.1, 0.15) is 11.3 Å². The molecule has 0 spiro atoms. The first-order valence-electron chi connectivity index (χ1n) is 12.4. The first kappa shape index (κ1) is 33.2. The quantitative estimate of drug-likeness (QED) is 0.277. The summed E-state index contributed by atoms with van der Waals surface area (Å²) in [5.74, 6) is -2.99. The summed E-state index contributed by atoms with van der Waals surface area (Å²) in [5.41, 5.74) is 1.23. The second-order valence-electron chi connectivity index (χ2n) is 8.52. The minimum absolute atomic E-state index is 0. The largest absolute Gasteiger partial charge is 2.00 e. The summed E-state index contributed by atoms with van der Waals surface area (Å²) in [4.78, 5) is 21.9. The Morgan fingerprint density at radius 3 is 1.66 bits per heavy atom. The van der Waals surface area contributed by atoms with Crippen LogP contribution in [0.25, 0.3) is 0 Å². The molecule has 0 bridgehead atoms. The Kier molecular flexibility index (Phi) is 18.5. The number of benzene rings is 2. The van der Waals surface area contributed by atoms with Gasteiger partial charge < -0.3 is 25.2 Å².